The smallest absolute Gasteiger partial charge is 0.329 e. The minimum absolute atomic E-state index is 0.133. The molecule has 1 fully saturated rings. The van der Waals surface area contributed by atoms with Crippen LogP contribution < -0.4 is 20.4 Å². The SMILES string of the molecule is COc1ccc(/C(C)=N\NC(=O)C(=O)NCc2ccco2)cc1C[NH+]1CCOCC1. The maximum Gasteiger partial charge on any atom is 0.329 e. The molecule has 1 saturated heterocycles. The van der Waals surface area contributed by atoms with Crippen molar-refractivity contribution in [3.8, 4) is 5.75 Å². The second kappa shape index (κ2) is 10.6. The first-order valence-electron chi connectivity index (χ1n) is 9.80. The Balaban J connectivity index is 1.60. The third-order valence-corrected chi connectivity index (χ3v) is 4.87. The first kappa shape index (κ1) is 21.5. The Hall–Kier alpha value is -3.17. The number of methoxy groups -OCH3 is 1. The van der Waals surface area contributed by atoms with E-state index in [1.165, 1.54) is 11.2 Å². The summed E-state index contributed by atoms with van der Waals surface area (Å²) < 4.78 is 16.0. The van der Waals surface area contributed by atoms with Crippen LogP contribution in [0, 0.1) is 0 Å². The molecule has 2 amide bonds. The number of hydrogen-bond acceptors (Lipinski definition) is 6. The number of morpholine rings is 1. The molecule has 0 spiro atoms. The predicted molar refractivity (Wildman–Crippen MR) is 109 cm³/mol. The van der Waals surface area contributed by atoms with Gasteiger partial charge in [0.15, 0.2) is 0 Å². The van der Waals surface area contributed by atoms with Gasteiger partial charge in [-0.1, -0.05) is 0 Å². The molecular formula is C21H27N4O5+. The fourth-order valence-electron chi connectivity index (χ4n) is 3.16. The summed E-state index contributed by atoms with van der Waals surface area (Å²) in [5, 5.41) is 6.54. The Morgan fingerprint density at radius 2 is 2.00 bits per heavy atom. The molecule has 1 aromatic carbocycles. The summed E-state index contributed by atoms with van der Waals surface area (Å²) in [4.78, 5) is 25.3. The number of ether oxygens (including phenoxy) is 2. The second-order valence-corrected chi connectivity index (χ2v) is 6.97. The van der Waals surface area contributed by atoms with Crippen LogP contribution in [0.25, 0.3) is 0 Å². The average Bonchev–Trinajstić information content (AvgIpc) is 3.30. The Kier molecular flexibility index (Phi) is 7.58. The summed E-state index contributed by atoms with van der Waals surface area (Å²) in [6, 6.07) is 9.18. The van der Waals surface area contributed by atoms with Crippen molar-refractivity contribution in [2.24, 2.45) is 5.10 Å². The van der Waals surface area contributed by atoms with E-state index in [0.29, 0.717) is 11.5 Å². The van der Waals surface area contributed by atoms with Gasteiger partial charge in [0.25, 0.3) is 0 Å². The average molecular weight is 415 g/mol. The van der Waals surface area contributed by atoms with E-state index in [1.54, 1.807) is 26.2 Å². The Morgan fingerprint density at radius 1 is 1.20 bits per heavy atom. The maximum atomic E-state index is 12.0. The van der Waals surface area contributed by atoms with Crippen molar-refractivity contribution in [1.29, 1.82) is 0 Å². The molecule has 0 aliphatic carbocycles. The van der Waals surface area contributed by atoms with Gasteiger partial charge >= 0.3 is 11.8 Å². The highest BCUT2D eigenvalue weighted by atomic mass is 16.5. The molecule has 1 aliphatic heterocycles. The molecule has 2 heterocycles. The molecule has 0 bridgehead atoms. The lowest BCUT2D eigenvalue weighted by atomic mass is 10.1. The molecule has 3 rings (SSSR count). The Labute approximate surface area is 175 Å². The fourth-order valence-corrected chi connectivity index (χ4v) is 3.16. The van der Waals surface area contributed by atoms with Crippen molar-refractivity contribution in [2.75, 3.05) is 33.4 Å². The van der Waals surface area contributed by atoms with Gasteiger partial charge in [0, 0.05) is 5.56 Å². The van der Waals surface area contributed by atoms with E-state index >= 15 is 0 Å². The molecule has 30 heavy (non-hydrogen) atoms. The topological polar surface area (TPSA) is 107 Å². The van der Waals surface area contributed by atoms with Crippen molar-refractivity contribution in [3.05, 3.63) is 53.5 Å². The van der Waals surface area contributed by atoms with Crippen LogP contribution in [0.4, 0.5) is 0 Å². The summed E-state index contributed by atoms with van der Waals surface area (Å²) in [5.74, 6) is -0.252. The number of benzene rings is 1. The van der Waals surface area contributed by atoms with Crippen molar-refractivity contribution >= 4 is 17.5 Å². The number of carbonyl (C=O) groups excluding carboxylic acids is 2. The number of nitrogens with one attached hydrogen (secondary N) is 3. The number of carbonyl (C=O) groups is 2. The molecule has 9 nitrogen and oxygen atoms in total. The zero-order valence-electron chi connectivity index (χ0n) is 17.2. The quantitative estimate of drug-likeness (QED) is 0.332. The highest BCUT2D eigenvalue weighted by Crippen LogP contribution is 2.19. The summed E-state index contributed by atoms with van der Waals surface area (Å²) in [7, 11) is 1.65. The van der Waals surface area contributed by atoms with E-state index in [1.807, 2.05) is 18.2 Å². The number of amides is 2. The number of hydrogen-bond donors (Lipinski definition) is 3. The molecule has 0 unspecified atom stereocenters. The molecule has 1 aliphatic rings. The van der Waals surface area contributed by atoms with E-state index < -0.39 is 11.8 Å². The molecular weight excluding hydrogens is 388 g/mol. The molecule has 0 radical (unpaired) electrons. The zero-order valence-corrected chi connectivity index (χ0v) is 17.2. The number of nitrogens with zero attached hydrogens (tertiary/aromatic N) is 1. The van der Waals surface area contributed by atoms with Crippen LogP contribution in [0.2, 0.25) is 0 Å². The lowest BCUT2D eigenvalue weighted by molar-refractivity contribution is -0.921. The highest BCUT2D eigenvalue weighted by Gasteiger charge is 2.18. The fraction of sp³-hybridized carbons (Fsp3) is 0.381. The van der Waals surface area contributed by atoms with Gasteiger partial charge in [-0.3, -0.25) is 9.59 Å². The largest absolute Gasteiger partial charge is 0.496 e. The second-order valence-electron chi connectivity index (χ2n) is 6.97. The minimum Gasteiger partial charge on any atom is -0.496 e. The van der Waals surface area contributed by atoms with E-state index in [4.69, 9.17) is 13.9 Å². The van der Waals surface area contributed by atoms with Gasteiger partial charge in [-0.15, -0.1) is 0 Å². The Morgan fingerprint density at radius 3 is 2.70 bits per heavy atom. The standard InChI is InChI=1S/C21H26N4O5/c1-15(23-24-21(27)20(26)22-13-18-4-3-9-30-18)16-5-6-19(28-2)17(12-16)14-25-7-10-29-11-8-25/h3-6,9,12H,7-8,10-11,13-14H2,1-2H3,(H,22,26)(H,24,27)/p+1/b23-15-. The van der Waals surface area contributed by atoms with Gasteiger partial charge < -0.3 is 24.1 Å². The van der Waals surface area contributed by atoms with Gasteiger partial charge in [0.1, 0.15) is 31.1 Å². The summed E-state index contributed by atoms with van der Waals surface area (Å²) in [6.07, 6.45) is 1.50. The van der Waals surface area contributed by atoms with E-state index in [2.05, 4.69) is 15.8 Å². The molecule has 9 heteroatoms. The van der Waals surface area contributed by atoms with Crippen molar-refractivity contribution in [3.63, 3.8) is 0 Å². The number of rotatable bonds is 7. The van der Waals surface area contributed by atoms with Crippen LogP contribution in [0.3, 0.4) is 0 Å². The van der Waals surface area contributed by atoms with Gasteiger partial charge in [0.05, 0.1) is 38.8 Å². The van der Waals surface area contributed by atoms with E-state index in [-0.39, 0.29) is 6.54 Å². The minimum atomic E-state index is -0.840. The summed E-state index contributed by atoms with van der Waals surface area (Å²) >= 11 is 0. The lowest BCUT2D eigenvalue weighted by Gasteiger charge is -2.24. The van der Waals surface area contributed by atoms with Gasteiger partial charge in [-0.2, -0.15) is 5.10 Å². The van der Waals surface area contributed by atoms with Crippen LogP contribution in [-0.2, 0) is 27.4 Å². The summed E-state index contributed by atoms with van der Waals surface area (Å²) in [6.45, 7) is 6.13. The van der Waals surface area contributed by atoms with Crippen molar-refractivity contribution in [1.82, 2.24) is 10.7 Å². The summed E-state index contributed by atoms with van der Waals surface area (Å²) in [5.41, 5.74) is 4.78. The Bertz CT molecular complexity index is 889. The first-order valence-corrected chi connectivity index (χ1v) is 9.80. The number of furan rings is 1. The van der Waals surface area contributed by atoms with Gasteiger partial charge in [-0.05, 0) is 42.8 Å². The molecule has 160 valence electrons. The third kappa shape index (κ3) is 5.91. The lowest BCUT2D eigenvalue weighted by Crippen LogP contribution is -3.12. The van der Waals surface area contributed by atoms with Crippen molar-refractivity contribution in [2.45, 2.75) is 20.0 Å². The molecule has 3 N–H and O–H groups in total. The molecule has 0 saturated carbocycles. The maximum absolute atomic E-state index is 12.0. The van der Waals surface area contributed by atoms with Crippen molar-refractivity contribution < 1.29 is 28.4 Å². The van der Waals surface area contributed by atoms with E-state index in [0.717, 1.165) is 49.7 Å². The number of quaternary nitrogens is 1. The third-order valence-electron chi connectivity index (χ3n) is 4.87. The zero-order chi connectivity index (χ0) is 21.3. The van der Waals surface area contributed by atoms with Crippen LogP contribution >= 0.6 is 0 Å². The molecule has 0 atom stereocenters. The predicted octanol–water partition coefficient (Wildman–Crippen LogP) is -0.140. The normalized spacial score (nSPS) is 14.9. The van der Waals surface area contributed by atoms with Crippen LogP contribution in [0.15, 0.2) is 46.1 Å². The molecule has 1 aromatic heterocycles. The highest BCUT2D eigenvalue weighted by molar-refractivity contribution is 6.35. The van der Waals surface area contributed by atoms with Gasteiger partial charge in [0.2, 0.25) is 0 Å². The molecule has 2 aromatic rings. The monoisotopic (exact) mass is 415 g/mol. The van der Waals surface area contributed by atoms with E-state index in [9.17, 15) is 9.59 Å². The van der Waals surface area contributed by atoms with Crippen LogP contribution in [0.5, 0.6) is 5.75 Å². The van der Waals surface area contributed by atoms with Crippen LogP contribution in [0.1, 0.15) is 23.8 Å². The number of hydrazone groups is 1. The van der Waals surface area contributed by atoms with Gasteiger partial charge in [-0.25, -0.2) is 5.43 Å². The van der Waals surface area contributed by atoms with Crippen LogP contribution in [-0.4, -0.2) is 50.9 Å². The first-order chi connectivity index (χ1) is 14.6.